The fourth-order valence-corrected chi connectivity index (χ4v) is 1.48. The standard InChI is InChI=1S/C11H21N3O2/c1-10(11-13-4-6-14(11)2)12-5-7-16-9-8-15-3/h4,6,10,12H,5,7-9H2,1-3H3. The molecule has 1 unspecified atom stereocenters. The third-order valence-corrected chi connectivity index (χ3v) is 2.37. The lowest BCUT2D eigenvalue weighted by Crippen LogP contribution is -2.25. The van der Waals surface area contributed by atoms with E-state index in [-0.39, 0.29) is 6.04 Å². The minimum Gasteiger partial charge on any atom is -0.382 e. The van der Waals surface area contributed by atoms with Gasteiger partial charge in [-0.25, -0.2) is 4.98 Å². The average Bonchev–Trinajstić information content (AvgIpc) is 2.69. The molecule has 1 heterocycles. The van der Waals surface area contributed by atoms with Gasteiger partial charge in [-0.2, -0.15) is 0 Å². The number of ether oxygens (including phenoxy) is 2. The van der Waals surface area contributed by atoms with Gasteiger partial charge in [0, 0.05) is 33.1 Å². The van der Waals surface area contributed by atoms with Gasteiger partial charge in [0.25, 0.3) is 0 Å². The zero-order chi connectivity index (χ0) is 11.8. The fourth-order valence-electron chi connectivity index (χ4n) is 1.48. The van der Waals surface area contributed by atoms with Gasteiger partial charge in [0.15, 0.2) is 0 Å². The highest BCUT2D eigenvalue weighted by atomic mass is 16.5. The van der Waals surface area contributed by atoms with Gasteiger partial charge in [0.05, 0.1) is 25.9 Å². The Morgan fingerprint density at radius 2 is 2.25 bits per heavy atom. The highest BCUT2D eigenvalue weighted by Crippen LogP contribution is 2.07. The van der Waals surface area contributed by atoms with Crippen LogP contribution >= 0.6 is 0 Å². The van der Waals surface area contributed by atoms with Crippen LogP contribution in [0.2, 0.25) is 0 Å². The fraction of sp³-hybridized carbons (Fsp3) is 0.727. The Labute approximate surface area is 96.8 Å². The zero-order valence-corrected chi connectivity index (χ0v) is 10.3. The summed E-state index contributed by atoms with van der Waals surface area (Å²) in [6.45, 7) is 4.90. The van der Waals surface area contributed by atoms with E-state index >= 15 is 0 Å². The molecule has 0 fully saturated rings. The van der Waals surface area contributed by atoms with Gasteiger partial charge in [-0.15, -0.1) is 0 Å². The van der Waals surface area contributed by atoms with E-state index in [1.165, 1.54) is 0 Å². The van der Waals surface area contributed by atoms with Crippen molar-refractivity contribution in [2.45, 2.75) is 13.0 Å². The Balaban J connectivity index is 2.11. The van der Waals surface area contributed by atoms with E-state index < -0.39 is 0 Å². The maximum atomic E-state index is 5.36. The maximum Gasteiger partial charge on any atom is 0.125 e. The van der Waals surface area contributed by atoms with Crippen LogP contribution in [0.25, 0.3) is 0 Å². The van der Waals surface area contributed by atoms with E-state index in [0.717, 1.165) is 12.4 Å². The number of hydrogen-bond acceptors (Lipinski definition) is 4. The number of methoxy groups -OCH3 is 1. The second kappa shape index (κ2) is 7.38. The molecule has 1 rings (SSSR count). The van der Waals surface area contributed by atoms with Crippen molar-refractivity contribution < 1.29 is 9.47 Å². The van der Waals surface area contributed by atoms with Crippen molar-refractivity contribution in [2.24, 2.45) is 7.05 Å². The first kappa shape index (κ1) is 13.2. The summed E-state index contributed by atoms with van der Waals surface area (Å²) in [5.41, 5.74) is 0. The number of hydrogen-bond donors (Lipinski definition) is 1. The second-order valence-electron chi connectivity index (χ2n) is 3.68. The van der Waals surface area contributed by atoms with Crippen LogP contribution in [-0.2, 0) is 16.5 Å². The van der Waals surface area contributed by atoms with Gasteiger partial charge in [-0.05, 0) is 6.92 Å². The molecule has 5 nitrogen and oxygen atoms in total. The Kier molecular flexibility index (Phi) is 6.07. The molecule has 0 saturated heterocycles. The maximum absolute atomic E-state index is 5.36. The molecule has 0 bridgehead atoms. The summed E-state index contributed by atoms with van der Waals surface area (Å²) in [7, 11) is 3.67. The molecule has 1 aromatic rings. The number of aromatic nitrogens is 2. The van der Waals surface area contributed by atoms with Crippen LogP contribution < -0.4 is 5.32 Å². The third kappa shape index (κ3) is 4.30. The van der Waals surface area contributed by atoms with Gasteiger partial charge in [0.2, 0.25) is 0 Å². The monoisotopic (exact) mass is 227 g/mol. The van der Waals surface area contributed by atoms with Crippen LogP contribution in [0.4, 0.5) is 0 Å². The van der Waals surface area contributed by atoms with E-state index in [4.69, 9.17) is 9.47 Å². The molecule has 1 atom stereocenters. The van der Waals surface area contributed by atoms with Gasteiger partial charge in [0.1, 0.15) is 5.82 Å². The summed E-state index contributed by atoms with van der Waals surface area (Å²) in [6.07, 6.45) is 3.76. The molecule has 1 N–H and O–H groups in total. The molecule has 0 amide bonds. The summed E-state index contributed by atoms with van der Waals surface area (Å²) in [5, 5.41) is 3.35. The average molecular weight is 227 g/mol. The van der Waals surface area contributed by atoms with Crippen molar-refractivity contribution in [3.8, 4) is 0 Å². The normalized spacial score (nSPS) is 12.9. The first-order chi connectivity index (χ1) is 7.75. The molecule has 0 aliphatic rings. The summed E-state index contributed by atoms with van der Waals surface area (Å²) < 4.78 is 12.3. The molecule has 5 heteroatoms. The number of aryl methyl sites for hydroxylation is 1. The van der Waals surface area contributed by atoms with Crippen LogP contribution in [0.1, 0.15) is 18.8 Å². The predicted molar refractivity (Wildman–Crippen MR) is 62.3 cm³/mol. The Bertz CT molecular complexity index is 289. The lowest BCUT2D eigenvalue weighted by molar-refractivity contribution is 0.0711. The molecule has 16 heavy (non-hydrogen) atoms. The summed E-state index contributed by atoms with van der Waals surface area (Å²) in [5.74, 6) is 1.04. The summed E-state index contributed by atoms with van der Waals surface area (Å²) in [6, 6.07) is 0.242. The smallest absolute Gasteiger partial charge is 0.125 e. The third-order valence-electron chi connectivity index (χ3n) is 2.37. The van der Waals surface area contributed by atoms with Crippen LogP contribution in [0.15, 0.2) is 12.4 Å². The van der Waals surface area contributed by atoms with Crippen molar-refractivity contribution in [1.29, 1.82) is 0 Å². The van der Waals surface area contributed by atoms with Crippen molar-refractivity contribution in [3.63, 3.8) is 0 Å². The quantitative estimate of drug-likeness (QED) is 0.665. The highest BCUT2D eigenvalue weighted by Gasteiger charge is 2.08. The van der Waals surface area contributed by atoms with Crippen molar-refractivity contribution in [3.05, 3.63) is 18.2 Å². The molecule has 0 aliphatic heterocycles. The second-order valence-corrected chi connectivity index (χ2v) is 3.68. The van der Waals surface area contributed by atoms with Crippen LogP contribution in [0.5, 0.6) is 0 Å². The van der Waals surface area contributed by atoms with Gasteiger partial charge in [-0.1, -0.05) is 0 Å². The molecule has 92 valence electrons. The number of imidazole rings is 1. The minimum absolute atomic E-state index is 0.242. The van der Waals surface area contributed by atoms with E-state index in [2.05, 4.69) is 17.2 Å². The molecule has 0 radical (unpaired) electrons. The predicted octanol–water partition coefficient (Wildman–Crippen LogP) is 0.734. The number of nitrogens with zero attached hydrogens (tertiary/aromatic N) is 2. The first-order valence-corrected chi connectivity index (χ1v) is 5.53. The summed E-state index contributed by atoms with van der Waals surface area (Å²) in [4.78, 5) is 4.28. The van der Waals surface area contributed by atoms with Gasteiger partial charge >= 0.3 is 0 Å². The number of nitrogens with one attached hydrogen (secondary N) is 1. The van der Waals surface area contributed by atoms with Crippen LogP contribution in [0, 0.1) is 0 Å². The first-order valence-electron chi connectivity index (χ1n) is 5.53. The van der Waals surface area contributed by atoms with Gasteiger partial charge in [-0.3, -0.25) is 0 Å². The van der Waals surface area contributed by atoms with E-state index in [1.807, 2.05) is 24.0 Å². The molecular weight excluding hydrogens is 206 g/mol. The highest BCUT2D eigenvalue weighted by molar-refractivity contribution is 4.96. The molecule has 0 saturated carbocycles. The molecular formula is C11H21N3O2. The molecule has 0 spiro atoms. The molecule has 0 aromatic carbocycles. The van der Waals surface area contributed by atoms with Crippen molar-refractivity contribution >= 4 is 0 Å². The SMILES string of the molecule is COCCOCCNC(C)c1nccn1C. The van der Waals surface area contributed by atoms with Gasteiger partial charge < -0.3 is 19.4 Å². The van der Waals surface area contributed by atoms with Crippen molar-refractivity contribution in [2.75, 3.05) is 33.5 Å². The van der Waals surface area contributed by atoms with E-state index in [9.17, 15) is 0 Å². The minimum atomic E-state index is 0.242. The van der Waals surface area contributed by atoms with E-state index in [0.29, 0.717) is 19.8 Å². The lowest BCUT2D eigenvalue weighted by atomic mass is 10.3. The Morgan fingerprint density at radius 1 is 1.44 bits per heavy atom. The van der Waals surface area contributed by atoms with Crippen molar-refractivity contribution in [1.82, 2.24) is 14.9 Å². The Hall–Kier alpha value is -0.910. The largest absolute Gasteiger partial charge is 0.382 e. The molecule has 0 aliphatic carbocycles. The van der Waals surface area contributed by atoms with E-state index in [1.54, 1.807) is 7.11 Å². The topological polar surface area (TPSA) is 48.3 Å². The van der Waals surface area contributed by atoms with Crippen LogP contribution in [0.3, 0.4) is 0 Å². The van der Waals surface area contributed by atoms with Crippen LogP contribution in [-0.4, -0.2) is 43.0 Å². The molecule has 1 aromatic heterocycles. The number of rotatable bonds is 8. The lowest BCUT2D eigenvalue weighted by Gasteiger charge is -2.13. The summed E-state index contributed by atoms with van der Waals surface area (Å²) >= 11 is 0. The zero-order valence-electron chi connectivity index (χ0n) is 10.3. The Morgan fingerprint density at radius 3 is 2.88 bits per heavy atom.